The predicted molar refractivity (Wildman–Crippen MR) is 77.4 cm³/mol. The first-order chi connectivity index (χ1) is 10.0. The van der Waals surface area contributed by atoms with Gasteiger partial charge in [0.15, 0.2) is 0 Å². The van der Waals surface area contributed by atoms with Crippen molar-refractivity contribution in [3.63, 3.8) is 0 Å². The highest BCUT2D eigenvalue weighted by Crippen LogP contribution is 2.15. The van der Waals surface area contributed by atoms with Crippen molar-refractivity contribution >= 4 is 17.6 Å². The lowest BCUT2D eigenvalue weighted by Gasteiger charge is -2.34. The Labute approximate surface area is 122 Å². The second-order valence-electron chi connectivity index (χ2n) is 4.85. The Morgan fingerprint density at radius 3 is 2.43 bits per heavy atom. The molecule has 0 aromatic heterocycles. The second-order valence-corrected chi connectivity index (χ2v) is 4.85. The van der Waals surface area contributed by atoms with E-state index in [4.69, 9.17) is 5.73 Å². The van der Waals surface area contributed by atoms with Gasteiger partial charge in [-0.15, -0.1) is 0 Å². The molecule has 2 rings (SSSR count). The van der Waals surface area contributed by atoms with Crippen molar-refractivity contribution in [2.45, 2.75) is 6.92 Å². The van der Waals surface area contributed by atoms with Gasteiger partial charge >= 0.3 is 6.03 Å². The maximum atomic E-state index is 13.4. The Hall–Kier alpha value is -2.31. The number of anilines is 1. The lowest BCUT2D eigenvalue weighted by molar-refractivity contribution is 0.0665. The molecule has 1 heterocycles. The molecule has 0 spiro atoms. The van der Waals surface area contributed by atoms with E-state index in [9.17, 15) is 14.0 Å². The molecule has 7 heteroatoms. The fourth-order valence-electron chi connectivity index (χ4n) is 2.22. The lowest BCUT2D eigenvalue weighted by atomic mass is 10.1. The molecule has 1 aromatic carbocycles. The van der Waals surface area contributed by atoms with Gasteiger partial charge in [0.1, 0.15) is 5.82 Å². The van der Waals surface area contributed by atoms with Gasteiger partial charge in [-0.3, -0.25) is 4.79 Å². The summed E-state index contributed by atoms with van der Waals surface area (Å²) in [4.78, 5) is 27.2. The van der Waals surface area contributed by atoms with Crippen LogP contribution in [0.1, 0.15) is 17.3 Å². The largest absolute Gasteiger partial charge is 0.396 e. The van der Waals surface area contributed by atoms with Crippen LogP contribution in [0.15, 0.2) is 18.2 Å². The standard InChI is InChI=1S/C14H19FN4O2/c1-2-17-14(21)19-7-5-18(6-8-19)13(20)10-3-4-12(16)11(15)9-10/h3-4,9H,2,5-8,16H2,1H3,(H,17,21). The number of halogens is 1. The van der Waals surface area contributed by atoms with E-state index in [1.54, 1.807) is 9.80 Å². The van der Waals surface area contributed by atoms with E-state index in [0.717, 1.165) is 6.07 Å². The average Bonchev–Trinajstić information content (AvgIpc) is 2.50. The molecule has 0 bridgehead atoms. The molecule has 1 aliphatic heterocycles. The minimum absolute atomic E-state index is 0.0209. The molecule has 3 amide bonds. The van der Waals surface area contributed by atoms with Gasteiger partial charge < -0.3 is 20.9 Å². The molecule has 0 atom stereocenters. The van der Waals surface area contributed by atoms with Crippen LogP contribution in [0.2, 0.25) is 0 Å². The molecule has 1 aromatic rings. The summed E-state index contributed by atoms with van der Waals surface area (Å²) in [6.45, 7) is 4.23. The minimum Gasteiger partial charge on any atom is -0.396 e. The van der Waals surface area contributed by atoms with Gasteiger partial charge in [-0.2, -0.15) is 0 Å². The monoisotopic (exact) mass is 294 g/mol. The Balaban J connectivity index is 1.97. The van der Waals surface area contributed by atoms with Gasteiger partial charge in [-0.05, 0) is 25.1 Å². The maximum absolute atomic E-state index is 13.4. The van der Waals surface area contributed by atoms with Crippen molar-refractivity contribution < 1.29 is 14.0 Å². The van der Waals surface area contributed by atoms with E-state index in [0.29, 0.717) is 32.7 Å². The Morgan fingerprint density at radius 1 is 1.24 bits per heavy atom. The van der Waals surface area contributed by atoms with E-state index >= 15 is 0 Å². The van der Waals surface area contributed by atoms with E-state index in [-0.39, 0.29) is 23.2 Å². The fraction of sp³-hybridized carbons (Fsp3) is 0.429. The molecular formula is C14H19FN4O2. The van der Waals surface area contributed by atoms with E-state index in [1.165, 1.54) is 12.1 Å². The van der Waals surface area contributed by atoms with E-state index < -0.39 is 5.82 Å². The average molecular weight is 294 g/mol. The highest BCUT2D eigenvalue weighted by atomic mass is 19.1. The van der Waals surface area contributed by atoms with Gasteiger partial charge in [0, 0.05) is 38.3 Å². The fourth-order valence-corrected chi connectivity index (χ4v) is 2.22. The predicted octanol–water partition coefficient (Wildman–Crippen LogP) is 0.895. The molecule has 1 aliphatic rings. The number of amides is 3. The number of hydrogen-bond donors (Lipinski definition) is 2. The summed E-state index contributed by atoms with van der Waals surface area (Å²) in [7, 11) is 0. The number of rotatable bonds is 2. The number of hydrogen-bond acceptors (Lipinski definition) is 3. The molecule has 114 valence electrons. The zero-order valence-electron chi connectivity index (χ0n) is 11.9. The van der Waals surface area contributed by atoms with Gasteiger partial charge in [-0.1, -0.05) is 0 Å². The molecule has 0 radical (unpaired) electrons. The van der Waals surface area contributed by atoms with Gasteiger partial charge in [0.2, 0.25) is 0 Å². The number of nitrogen functional groups attached to an aromatic ring is 1. The first-order valence-corrected chi connectivity index (χ1v) is 6.90. The van der Waals surface area contributed by atoms with Crippen LogP contribution in [0.4, 0.5) is 14.9 Å². The Morgan fingerprint density at radius 2 is 1.86 bits per heavy atom. The summed E-state index contributed by atoms with van der Waals surface area (Å²) in [5.74, 6) is -0.841. The second kappa shape index (κ2) is 6.43. The number of carbonyl (C=O) groups excluding carboxylic acids is 2. The van der Waals surface area contributed by atoms with Crippen LogP contribution in [0.5, 0.6) is 0 Å². The van der Waals surface area contributed by atoms with Crippen LogP contribution >= 0.6 is 0 Å². The molecule has 6 nitrogen and oxygen atoms in total. The SMILES string of the molecule is CCNC(=O)N1CCN(C(=O)c2ccc(N)c(F)c2)CC1. The Bertz CT molecular complexity index is 542. The minimum atomic E-state index is -0.596. The Kier molecular flexibility index (Phi) is 4.62. The summed E-state index contributed by atoms with van der Waals surface area (Å²) in [5.41, 5.74) is 5.69. The zero-order chi connectivity index (χ0) is 15.4. The number of benzene rings is 1. The van der Waals surface area contributed by atoms with Crippen molar-refractivity contribution in [3.05, 3.63) is 29.6 Å². The molecule has 0 aliphatic carbocycles. The zero-order valence-corrected chi connectivity index (χ0v) is 11.9. The number of nitrogens with zero attached hydrogens (tertiary/aromatic N) is 2. The summed E-state index contributed by atoms with van der Waals surface area (Å²) < 4.78 is 13.4. The third-order valence-electron chi connectivity index (χ3n) is 3.43. The van der Waals surface area contributed by atoms with Crippen LogP contribution < -0.4 is 11.1 Å². The van der Waals surface area contributed by atoms with Gasteiger partial charge in [0.25, 0.3) is 5.91 Å². The normalized spacial score (nSPS) is 15.0. The lowest BCUT2D eigenvalue weighted by Crippen LogP contribution is -2.53. The summed E-state index contributed by atoms with van der Waals surface area (Å²) in [6, 6.07) is 3.92. The van der Waals surface area contributed by atoms with Crippen molar-refractivity contribution in [1.82, 2.24) is 15.1 Å². The number of carbonyl (C=O) groups is 2. The quantitative estimate of drug-likeness (QED) is 0.795. The van der Waals surface area contributed by atoms with Crippen LogP contribution in [-0.2, 0) is 0 Å². The summed E-state index contributed by atoms with van der Waals surface area (Å²) in [6.07, 6.45) is 0. The molecule has 21 heavy (non-hydrogen) atoms. The van der Waals surface area contributed by atoms with Crippen molar-refractivity contribution in [2.75, 3.05) is 38.5 Å². The molecule has 1 fully saturated rings. The number of piperazine rings is 1. The molecule has 3 N–H and O–H groups in total. The van der Waals surface area contributed by atoms with Crippen LogP contribution in [0, 0.1) is 5.82 Å². The van der Waals surface area contributed by atoms with Crippen LogP contribution in [0.3, 0.4) is 0 Å². The van der Waals surface area contributed by atoms with E-state index in [2.05, 4.69) is 5.32 Å². The number of nitrogens with two attached hydrogens (primary N) is 1. The number of urea groups is 1. The van der Waals surface area contributed by atoms with Crippen molar-refractivity contribution in [1.29, 1.82) is 0 Å². The van der Waals surface area contributed by atoms with E-state index in [1.807, 2.05) is 6.92 Å². The van der Waals surface area contributed by atoms with Gasteiger partial charge in [0.05, 0.1) is 5.69 Å². The van der Waals surface area contributed by atoms with Crippen LogP contribution in [-0.4, -0.2) is 54.5 Å². The summed E-state index contributed by atoms with van der Waals surface area (Å²) in [5, 5.41) is 2.72. The maximum Gasteiger partial charge on any atom is 0.317 e. The third-order valence-corrected chi connectivity index (χ3v) is 3.43. The first kappa shape index (κ1) is 15.1. The molecule has 1 saturated heterocycles. The van der Waals surface area contributed by atoms with Crippen molar-refractivity contribution in [3.8, 4) is 0 Å². The highest BCUT2D eigenvalue weighted by molar-refractivity contribution is 5.94. The highest BCUT2D eigenvalue weighted by Gasteiger charge is 2.24. The molecule has 0 unspecified atom stereocenters. The molecule has 0 saturated carbocycles. The molecular weight excluding hydrogens is 275 g/mol. The van der Waals surface area contributed by atoms with Crippen molar-refractivity contribution in [2.24, 2.45) is 0 Å². The van der Waals surface area contributed by atoms with Gasteiger partial charge in [-0.25, -0.2) is 9.18 Å². The topological polar surface area (TPSA) is 78.7 Å². The summed E-state index contributed by atoms with van der Waals surface area (Å²) >= 11 is 0. The first-order valence-electron chi connectivity index (χ1n) is 6.90. The van der Waals surface area contributed by atoms with Crippen LogP contribution in [0.25, 0.3) is 0 Å². The smallest absolute Gasteiger partial charge is 0.317 e. The third kappa shape index (κ3) is 3.42. The number of nitrogens with one attached hydrogen (secondary N) is 1.